The molecule has 1 saturated heterocycles. The summed E-state index contributed by atoms with van der Waals surface area (Å²) in [6, 6.07) is 6.14. The third-order valence-corrected chi connectivity index (χ3v) is 3.45. The summed E-state index contributed by atoms with van der Waals surface area (Å²) < 4.78 is 50.3. The van der Waals surface area contributed by atoms with Crippen molar-refractivity contribution in [1.29, 1.82) is 0 Å². The van der Waals surface area contributed by atoms with Gasteiger partial charge in [-0.25, -0.2) is 4.39 Å². The van der Waals surface area contributed by atoms with Gasteiger partial charge < -0.3 is 17.8 Å². The topological polar surface area (TPSA) is 6.48 Å². The molecule has 2 nitrogen and oxygen atoms in total. The normalized spacial score (nSPS) is 16.5. The predicted molar refractivity (Wildman–Crippen MR) is 73.3 cm³/mol. The van der Waals surface area contributed by atoms with Gasteiger partial charge in [-0.05, 0) is 30.8 Å². The SMILES string of the molecule is C=C(CN1CCN(c2ccc(F)cc2)CC1)[B-](F)(F)F.[K+]. The molecule has 1 aromatic rings. The average molecular weight is 326 g/mol. The van der Waals surface area contributed by atoms with Crippen LogP contribution in [-0.4, -0.2) is 44.6 Å². The number of rotatable bonds is 4. The molecule has 1 aromatic carbocycles. The van der Waals surface area contributed by atoms with Gasteiger partial charge in [-0.2, -0.15) is 0 Å². The van der Waals surface area contributed by atoms with E-state index in [2.05, 4.69) is 6.58 Å². The third kappa shape index (κ3) is 5.69. The maximum atomic E-state index is 12.8. The van der Waals surface area contributed by atoms with Gasteiger partial charge in [0.05, 0.1) is 0 Å². The first-order valence-electron chi connectivity index (χ1n) is 6.47. The molecular weight excluding hydrogens is 310 g/mol. The number of piperazine rings is 1. The quantitative estimate of drug-likeness (QED) is 0.563. The van der Waals surface area contributed by atoms with Crippen LogP contribution in [0.2, 0.25) is 0 Å². The number of nitrogens with zero attached hydrogens (tertiary/aromatic N) is 2. The van der Waals surface area contributed by atoms with Crippen molar-refractivity contribution in [2.75, 3.05) is 37.6 Å². The summed E-state index contributed by atoms with van der Waals surface area (Å²) in [5, 5.41) is 0. The zero-order chi connectivity index (χ0) is 14.8. The Balaban J connectivity index is 0.00000220. The van der Waals surface area contributed by atoms with Gasteiger partial charge in [0.1, 0.15) is 5.82 Å². The minimum atomic E-state index is -4.95. The van der Waals surface area contributed by atoms with Crippen LogP contribution in [0.25, 0.3) is 0 Å². The third-order valence-electron chi connectivity index (χ3n) is 3.45. The van der Waals surface area contributed by atoms with Gasteiger partial charge in [-0.3, -0.25) is 4.90 Å². The summed E-state index contributed by atoms with van der Waals surface area (Å²) in [6.45, 7) is 0.380. The molecule has 0 radical (unpaired) electrons. The van der Waals surface area contributed by atoms with Gasteiger partial charge in [0, 0.05) is 31.9 Å². The molecule has 110 valence electrons. The molecule has 1 heterocycles. The van der Waals surface area contributed by atoms with Crippen molar-refractivity contribution in [3.8, 4) is 0 Å². The first-order chi connectivity index (χ1) is 9.36. The Morgan fingerprint density at radius 2 is 1.57 bits per heavy atom. The summed E-state index contributed by atoms with van der Waals surface area (Å²) >= 11 is 0. The number of hydrogen-bond donors (Lipinski definition) is 0. The number of anilines is 1. The number of benzene rings is 1. The summed E-state index contributed by atoms with van der Waals surface area (Å²) in [5.41, 5.74) is 0.241. The molecule has 0 spiro atoms. The summed E-state index contributed by atoms with van der Waals surface area (Å²) in [6.07, 6.45) is 0. The molecule has 1 aliphatic rings. The van der Waals surface area contributed by atoms with E-state index in [1.54, 1.807) is 17.0 Å². The van der Waals surface area contributed by atoms with Gasteiger partial charge in [0.25, 0.3) is 0 Å². The fourth-order valence-corrected chi connectivity index (χ4v) is 2.21. The molecule has 0 unspecified atom stereocenters. The predicted octanol–water partition coefficient (Wildman–Crippen LogP) is -0.105. The zero-order valence-corrected chi connectivity index (χ0v) is 15.2. The van der Waals surface area contributed by atoms with Crippen LogP contribution in [0.5, 0.6) is 0 Å². The van der Waals surface area contributed by atoms with E-state index in [-0.39, 0.29) is 63.7 Å². The Hall–Kier alpha value is 0.141. The largest absolute Gasteiger partial charge is 1.00 e. The summed E-state index contributed by atoms with van der Waals surface area (Å²) in [5.74, 6) is -0.295. The van der Waals surface area contributed by atoms with Gasteiger partial charge in [0.15, 0.2) is 0 Å². The van der Waals surface area contributed by atoms with Gasteiger partial charge >= 0.3 is 58.4 Å². The maximum Gasteiger partial charge on any atom is 1.00 e. The fourth-order valence-electron chi connectivity index (χ4n) is 2.21. The molecular formula is C13H16BF4KN2. The molecule has 8 heteroatoms. The number of halogens is 4. The van der Waals surface area contributed by atoms with Crippen LogP contribution in [0.4, 0.5) is 23.0 Å². The van der Waals surface area contributed by atoms with Gasteiger partial charge in [-0.1, -0.05) is 0 Å². The zero-order valence-electron chi connectivity index (χ0n) is 12.0. The smallest absolute Gasteiger partial charge is 0.445 e. The molecule has 21 heavy (non-hydrogen) atoms. The van der Waals surface area contributed by atoms with Gasteiger partial charge in [0.2, 0.25) is 0 Å². The van der Waals surface area contributed by atoms with E-state index in [4.69, 9.17) is 0 Å². The monoisotopic (exact) mass is 326 g/mol. The standard InChI is InChI=1S/C13H16BF4N2.K/c1-11(14(16,17)18)10-19-6-8-20(9-7-19)13-4-2-12(15)3-5-13;/h2-5H,1,6-10H2;/q-1;+1. The molecule has 0 N–H and O–H groups in total. The molecule has 1 aliphatic heterocycles. The van der Waals surface area contributed by atoms with E-state index in [0.29, 0.717) is 26.2 Å². The minimum absolute atomic E-state index is 0. The molecule has 0 aliphatic carbocycles. The van der Waals surface area contributed by atoms with Crippen molar-refractivity contribution in [2.24, 2.45) is 0 Å². The molecule has 0 saturated carbocycles. The molecule has 2 rings (SSSR count). The van der Waals surface area contributed by atoms with E-state index < -0.39 is 12.4 Å². The van der Waals surface area contributed by atoms with E-state index in [0.717, 1.165) is 5.69 Å². The van der Waals surface area contributed by atoms with Crippen LogP contribution < -0.4 is 56.3 Å². The van der Waals surface area contributed by atoms with Crippen LogP contribution in [0, 0.1) is 5.82 Å². The van der Waals surface area contributed by atoms with Crippen LogP contribution in [0.1, 0.15) is 0 Å². The van der Waals surface area contributed by atoms with Gasteiger partial charge in [-0.15, -0.1) is 12.1 Å². The van der Waals surface area contributed by atoms with Crippen molar-refractivity contribution in [1.82, 2.24) is 4.90 Å². The minimum Gasteiger partial charge on any atom is -0.445 e. The summed E-state index contributed by atoms with van der Waals surface area (Å²) in [4.78, 5) is 3.79. The maximum absolute atomic E-state index is 12.8. The molecule has 0 aromatic heterocycles. The fraction of sp³-hybridized carbons (Fsp3) is 0.385. The molecule has 0 atom stereocenters. The molecule has 1 fully saturated rings. The first kappa shape index (κ1) is 19.2. The van der Waals surface area contributed by atoms with Crippen LogP contribution in [0.15, 0.2) is 36.3 Å². The van der Waals surface area contributed by atoms with E-state index in [9.17, 15) is 17.3 Å². The Kier molecular flexibility index (Phi) is 7.42. The van der Waals surface area contributed by atoms with Crippen molar-refractivity contribution in [2.45, 2.75) is 0 Å². The van der Waals surface area contributed by atoms with Crippen LogP contribution >= 0.6 is 0 Å². The van der Waals surface area contributed by atoms with E-state index in [1.807, 2.05) is 4.90 Å². The second kappa shape index (κ2) is 8.12. The summed E-state index contributed by atoms with van der Waals surface area (Å²) in [7, 11) is 0. The molecule has 0 bridgehead atoms. The Bertz CT molecular complexity index is 470. The average Bonchev–Trinajstić information content (AvgIpc) is 2.39. The van der Waals surface area contributed by atoms with Crippen molar-refractivity contribution in [3.05, 3.63) is 42.1 Å². The second-order valence-corrected chi connectivity index (χ2v) is 4.97. The van der Waals surface area contributed by atoms with Crippen LogP contribution in [0.3, 0.4) is 0 Å². The Morgan fingerprint density at radius 3 is 2.05 bits per heavy atom. The number of hydrogen-bond acceptors (Lipinski definition) is 2. The van der Waals surface area contributed by atoms with E-state index >= 15 is 0 Å². The van der Waals surface area contributed by atoms with Crippen molar-refractivity contribution in [3.63, 3.8) is 0 Å². The van der Waals surface area contributed by atoms with Crippen molar-refractivity contribution >= 4 is 12.7 Å². The first-order valence-corrected chi connectivity index (χ1v) is 6.47. The van der Waals surface area contributed by atoms with Crippen molar-refractivity contribution < 1.29 is 68.7 Å². The molecule has 0 amide bonds. The van der Waals surface area contributed by atoms with Crippen LogP contribution in [-0.2, 0) is 0 Å². The Labute approximate surface area is 164 Å². The Morgan fingerprint density at radius 1 is 1.05 bits per heavy atom. The second-order valence-electron chi connectivity index (χ2n) is 4.97. The van der Waals surface area contributed by atoms with E-state index in [1.165, 1.54) is 12.1 Å².